The van der Waals surface area contributed by atoms with Crippen LogP contribution in [0.2, 0.25) is 0 Å². The van der Waals surface area contributed by atoms with Gasteiger partial charge in [-0.3, -0.25) is 4.79 Å². The van der Waals surface area contributed by atoms with Gasteiger partial charge in [-0.15, -0.1) is 0 Å². The number of hydrogen-bond acceptors (Lipinski definition) is 2. The Balaban J connectivity index is 1.94. The molecule has 0 aliphatic rings. The average molecular weight is 309 g/mol. The molecule has 3 nitrogen and oxygen atoms in total. The Morgan fingerprint density at radius 1 is 1.13 bits per heavy atom. The quantitative estimate of drug-likeness (QED) is 0.630. The van der Waals surface area contributed by atoms with Crippen molar-refractivity contribution in [2.45, 2.75) is 20.0 Å². The van der Waals surface area contributed by atoms with E-state index in [1.165, 1.54) is 6.08 Å². The number of allylic oxidation sites excluding steroid dienone is 2. The van der Waals surface area contributed by atoms with Gasteiger partial charge in [-0.05, 0) is 28.3 Å². The minimum absolute atomic E-state index is 0.122. The van der Waals surface area contributed by atoms with E-state index in [0.29, 0.717) is 12.5 Å². The summed E-state index contributed by atoms with van der Waals surface area (Å²) in [5.41, 5.74) is 0.831. The van der Waals surface area contributed by atoms with Gasteiger partial charge in [0, 0.05) is 12.6 Å². The molecule has 0 aliphatic heterocycles. The number of hydrogen-bond donors (Lipinski definition) is 2. The number of benzene rings is 2. The molecule has 3 heteroatoms. The zero-order valence-electron chi connectivity index (χ0n) is 13.6. The lowest BCUT2D eigenvalue weighted by Crippen LogP contribution is -2.25. The lowest BCUT2D eigenvalue weighted by Gasteiger charge is -2.07. The maximum atomic E-state index is 11.5. The summed E-state index contributed by atoms with van der Waals surface area (Å²) in [5.74, 6) is 0.307. The van der Waals surface area contributed by atoms with Gasteiger partial charge in [-0.1, -0.05) is 68.5 Å². The van der Waals surface area contributed by atoms with Gasteiger partial charge in [-0.25, -0.2) is 0 Å². The number of aliphatic hydroxyl groups excluding tert-OH is 1. The second-order valence-corrected chi connectivity index (χ2v) is 5.93. The summed E-state index contributed by atoms with van der Waals surface area (Å²) in [6.07, 6.45) is 5.76. The van der Waals surface area contributed by atoms with Crippen LogP contribution in [0.3, 0.4) is 0 Å². The molecule has 2 N–H and O–H groups in total. The molecule has 0 saturated carbocycles. The second-order valence-electron chi connectivity index (χ2n) is 5.93. The fraction of sp³-hybridized carbons (Fsp3) is 0.250. The third kappa shape index (κ3) is 5.38. The Kier molecular flexibility index (Phi) is 6.12. The van der Waals surface area contributed by atoms with Crippen molar-refractivity contribution in [2.24, 2.45) is 5.92 Å². The van der Waals surface area contributed by atoms with Crippen molar-refractivity contribution in [3.05, 3.63) is 72.3 Å². The third-order valence-electron chi connectivity index (χ3n) is 3.45. The van der Waals surface area contributed by atoms with Crippen molar-refractivity contribution in [3.63, 3.8) is 0 Å². The van der Waals surface area contributed by atoms with Crippen LogP contribution in [0.5, 0.6) is 0 Å². The van der Waals surface area contributed by atoms with Crippen molar-refractivity contribution < 1.29 is 9.90 Å². The molecule has 0 spiro atoms. The summed E-state index contributed by atoms with van der Waals surface area (Å²) in [5, 5.41) is 15.2. The fourth-order valence-corrected chi connectivity index (χ4v) is 2.18. The van der Waals surface area contributed by atoms with Gasteiger partial charge < -0.3 is 10.4 Å². The summed E-state index contributed by atoms with van der Waals surface area (Å²) in [6.45, 7) is 4.75. The van der Waals surface area contributed by atoms with Gasteiger partial charge in [-0.2, -0.15) is 0 Å². The van der Waals surface area contributed by atoms with E-state index in [-0.39, 0.29) is 5.91 Å². The van der Waals surface area contributed by atoms with Gasteiger partial charge in [0.2, 0.25) is 5.91 Å². The van der Waals surface area contributed by atoms with Crippen LogP contribution in [0, 0.1) is 5.92 Å². The molecule has 1 amide bonds. The van der Waals surface area contributed by atoms with Gasteiger partial charge in [0.05, 0.1) is 6.10 Å². The Morgan fingerprint density at radius 3 is 2.61 bits per heavy atom. The molecule has 0 saturated heterocycles. The SMILES string of the molecule is CC(C)CNC(=O)/C=C/C=C\C(O)c1ccc2ccccc2c1. The van der Waals surface area contributed by atoms with Crippen LogP contribution >= 0.6 is 0 Å². The van der Waals surface area contributed by atoms with E-state index in [0.717, 1.165) is 16.3 Å². The van der Waals surface area contributed by atoms with E-state index < -0.39 is 6.10 Å². The molecule has 0 fully saturated rings. The van der Waals surface area contributed by atoms with E-state index in [1.807, 2.05) is 56.3 Å². The lowest BCUT2D eigenvalue weighted by atomic mass is 10.0. The van der Waals surface area contributed by atoms with Crippen LogP contribution in [0.1, 0.15) is 25.5 Å². The third-order valence-corrected chi connectivity index (χ3v) is 3.45. The molecular formula is C20H23NO2. The van der Waals surface area contributed by atoms with Crippen molar-refractivity contribution in [1.82, 2.24) is 5.32 Å². The molecule has 2 aromatic carbocycles. The molecule has 0 aliphatic carbocycles. The van der Waals surface area contributed by atoms with Crippen LogP contribution in [0.15, 0.2) is 66.8 Å². The summed E-state index contributed by atoms with van der Waals surface area (Å²) in [7, 11) is 0. The predicted molar refractivity (Wildman–Crippen MR) is 95.0 cm³/mol. The fourth-order valence-electron chi connectivity index (χ4n) is 2.18. The first kappa shape index (κ1) is 17.0. The number of carbonyl (C=O) groups is 1. The lowest BCUT2D eigenvalue weighted by molar-refractivity contribution is -0.116. The van der Waals surface area contributed by atoms with E-state index in [1.54, 1.807) is 18.2 Å². The Labute approximate surface area is 137 Å². The van der Waals surface area contributed by atoms with Crippen molar-refractivity contribution in [3.8, 4) is 0 Å². The zero-order chi connectivity index (χ0) is 16.7. The zero-order valence-corrected chi connectivity index (χ0v) is 13.6. The smallest absolute Gasteiger partial charge is 0.243 e. The van der Waals surface area contributed by atoms with E-state index in [9.17, 15) is 9.90 Å². The number of rotatable bonds is 6. The first-order valence-electron chi connectivity index (χ1n) is 7.85. The highest BCUT2D eigenvalue weighted by Gasteiger charge is 2.03. The molecule has 1 unspecified atom stereocenters. The number of amides is 1. The molecule has 120 valence electrons. The number of carbonyl (C=O) groups excluding carboxylic acids is 1. The molecule has 23 heavy (non-hydrogen) atoms. The first-order chi connectivity index (χ1) is 11.1. The van der Waals surface area contributed by atoms with Crippen molar-refractivity contribution in [2.75, 3.05) is 6.54 Å². The highest BCUT2D eigenvalue weighted by molar-refractivity contribution is 5.87. The largest absolute Gasteiger partial charge is 0.384 e. The molecule has 0 aromatic heterocycles. The van der Waals surface area contributed by atoms with Crippen LogP contribution in [0.4, 0.5) is 0 Å². The normalized spacial score (nSPS) is 13.2. The molecule has 0 radical (unpaired) electrons. The standard InChI is InChI=1S/C20H23NO2/c1-15(2)14-21-20(23)10-6-5-9-19(22)18-12-11-16-7-3-4-8-17(16)13-18/h3-13,15,19,22H,14H2,1-2H3,(H,21,23)/b9-5-,10-6+. The monoisotopic (exact) mass is 309 g/mol. The Morgan fingerprint density at radius 2 is 1.87 bits per heavy atom. The molecule has 1 atom stereocenters. The van der Waals surface area contributed by atoms with Gasteiger partial charge in [0.15, 0.2) is 0 Å². The maximum absolute atomic E-state index is 11.5. The van der Waals surface area contributed by atoms with Crippen LogP contribution in [0.25, 0.3) is 10.8 Å². The molecule has 2 aromatic rings. The molecule has 0 heterocycles. The minimum Gasteiger partial charge on any atom is -0.384 e. The summed E-state index contributed by atoms with van der Waals surface area (Å²) in [6, 6.07) is 13.9. The van der Waals surface area contributed by atoms with E-state index >= 15 is 0 Å². The summed E-state index contributed by atoms with van der Waals surface area (Å²) >= 11 is 0. The van der Waals surface area contributed by atoms with Crippen LogP contribution in [-0.4, -0.2) is 17.6 Å². The number of nitrogens with one attached hydrogen (secondary N) is 1. The molecular weight excluding hydrogens is 286 g/mol. The molecule has 0 bridgehead atoms. The Bertz CT molecular complexity index is 716. The highest BCUT2D eigenvalue weighted by atomic mass is 16.3. The average Bonchev–Trinajstić information content (AvgIpc) is 2.56. The van der Waals surface area contributed by atoms with Crippen molar-refractivity contribution >= 4 is 16.7 Å². The highest BCUT2D eigenvalue weighted by Crippen LogP contribution is 2.21. The summed E-state index contributed by atoms with van der Waals surface area (Å²) < 4.78 is 0. The van der Waals surface area contributed by atoms with Gasteiger partial charge in [0.25, 0.3) is 0 Å². The first-order valence-corrected chi connectivity index (χ1v) is 7.85. The number of fused-ring (bicyclic) bond motifs is 1. The van der Waals surface area contributed by atoms with Crippen LogP contribution < -0.4 is 5.32 Å². The van der Waals surface area contributed by atoms with Gasteiger partial charge in [0.1, 0.15) is 0 Å². The van der Waals surface area contributed by atoms with Crippen LogP contribution in [-0.2, 0) is 4.79 Å². The van der Waals surface area contributed by atoms with E-state index in [2.05, 4.69) is 5.32 Å². The molecule has 2 rings (SSSR count). The number of aliphatic hydroxyl groups is 1. The minimum atomic E-state index is -0.692. The predicted octanol–water partition coefficient (Wildman–Crippen LogP) is 3.76. The summed E-state index contributed by atoms with van der Waals surface area (Å²) in [4.78, 5) is 11.5. The van der Waals surface area contributed by atoms with Gasteiger partial charge >= 0.3 is 0 Å². The maximum Gasteiger partial charge on any atom is 0.243 e. The van der Waals surface area contributed by atoms with Crippen molar-refractivity contribution in [1.29, 1.82) is 0 Å². The Hall–Kier alpha value is -2.39. The second kappa shape index (κ2) is 8.30. The topological polar surface area (TPSA) is 49.3 Å². The van der Waals surface area contributed by atoms with E-state index in [4.69, 9.17) is 0 Å².